The Hall–Kier alpha value is -4.10. The predicted molar refractivity (Wildman–Crippen MR) is 215 cm³/mol. The number of carbonyl (C=O) groups excluding carboxylic acids is 4. The van der Waals surface area contributed by atoms with Crippen LogP contribution in [0.5, 0.6) is 0 Å². The van der Waals surface area contributed by atoms with Crippen molar-refractivity contribution < 1.29 is 29.0 Å². The van der Waals surface area contributed by atoms with Crippen LogP contribution in [0.2, 0.25) is 0 Å². The molecule has 52 heavy (non-hydrogen) atoms. The van der Waals surface area contributed by atoms with Gasteiger partial charge in [-0.1, -0.05) is 45.9 Å². The topological polar surface area (TPSA) is 90.1 Å². The maximum absolute atomic E-state index is 13.6. The Balaban J connectivity index is 1.05. The monoisotopic (exact) mass is 742 g/mol. The number of rotatable bonds is 17. The van der Waals surface area contributed by atoms with E-state index in [0.717, 1.165) is 71.9 Å². The summed E-state index contributed by atoms with van der Waals surface area (Å²) in [6.07, 6.45) is 2.07. The SMILES string of the molecule is CN(CCC[NH+](C)C)c1ccc2c3c(cccc13)C(=O)N(CCSSCCN1C(=O)c3cccc4c(N(C)CCC[NH+](C)C)ccc(c34)C1=O)C2=O. The van der Waals surface area contributed by atoms with Crippen molar-refractivity contribution in [3.8, 4) is 0 Å². The van der Waals surface area contributed by atoms with Gasteiger partial charge < -0.3 is 19.6 Å². The van der Waals surface area contributed by atoms with Crippen LogP contribution in [0.4, 0.5) is 11.4 Å². The average molecular weight is 743 g/mol. The Morgan fingerprint density at radius 1 is 0.538 bits per heavy atom. The van der Waals surface area contributed by atoms with Gasteiger partial charge in [-0.15, -0.1) is 0 Å². The number of nitrogens with one attached hydrogen (secondary N) is 2. The summed E-state index contributed by atoms with van der Waals surface area (Å²) in [6.45, 7) is 4.42. The van der Waals surface area contributed by atoms with Gasteiger partial charge in [-0.05, 0) is 36.4 Å². The minimum atomic E-state index is -0.272. The second-order valence-electron chi connectivity index (χ2n) is 14.4. The van der Waals surface area contributed by atoms with Crippen LogP contribution in [0.15, 0.2) is 60.7 Å². The van der Waals surface area contributed by atoms with Gasteiger partial charge in [0.2, 0.25) is 0 Å². The fourth-order valence-corrected chi connectivity index (χ4v) is 9.19. The molecule has 0 unspecified atom stereocenters. The van der Waals surface area contributed by atoms with E-state index in [1.165, 1.54) is 41.2 Å². The zero-order chi connectivity index (χ0) is 37.1. The number of anilines is 2. The molecule has 6 rings (SSSR count). The summed E-state index contributed by atoms with van der Waals surface area (Å²) in [5.74, 6) is -0.0368. The summed E-state index contributed by atoms with van der Waals surface area (Å²) < 4.78 is 0. The van der Waals surface area contributed by atoms with Gasteiger partial charge in [0.1, 0.15) is 0 Å². The highest BCUT2D eigenvalue weighted by Gasteiger charge is 2.35. The third kappa shape index (κ3) is 7.52. The van der Waals surface area contributed by atoms with Gasteiger partial charge in [-0.3, -0.25) is 29.0 Å². The van der Waals surface area contributed by atoms with Crippen LogP contribution < -0.4 is 19.6 Å². The van der Waals surface area contributed by atoms with Gasteiger partial charge in [0, 0.05) is 120 Å². The second-order valence-corrected chi connectivity index (χ2v) is 17.1. The van der Waals surface area contributed by atoms with Crippen LogP contribution in [-0.2, 0) is 0 Å². The van der Waals surface area contributed by atoms with E-state index >= 15 is 0 Å². The Morgan fingerprint density at radius 3 is 1.27 bits per heavy atom. The first-order chi connectivity index (χ1) is 25.0. The number of nitrogens with zero attached hydrogens (tertiary/aromatic N) is 4. The molecule has 0 aliphatic carbocycles. The molecular weight excluding hydrogens is 693 g/mol. The number of hydrogen-bond donors (Lipinski definition) is 2. The fourth-order valence-electron chi connectivity index (χ4n) is 7.29. The summed E-state index contributed by atoms with van der Waals surface area (Å²) in [7, 11) is 15.8. The van der Waals surface area contributed by atoms with Crippen molar-refractivity contribution in [1.29, 1.82) is 0 Å². The summed E-state index contributed by atoms with van der Waals surface area (Å²) >= 11 is 0. The Labute approximate surface area is 314 Å². The van der Waals surface area contributed by atoms with Crippen LogP contribution >= 0.6 is 21.6 Å². The molecule has 4 aromatic rings. The number of hydrogen-bond acceptors (Lipinski definition) is 8. The average Bonchev–Trinajstić information content (AvgIpc) is 3.12. The third-order valence-electron chi connectivity index (χ3n) is 9.98. The molecule has 0 spiro atoms. The Bertz CT molecular complexity index is 1830. The molecule has 0 radical (unpaired) electrons. The summed E-state index contributed by atoms with van der Waals surface area (Å²) in [5, 5.41) is 3.31. The van der Waals surface area contributed by atoms with Crippen molar-refractivity contribution in [2.45, 2.75) is 12.8 Å². The van der Waals surface area contributed by atoms with Crippen molar-refractivity contribution in [2.75, 3.05) is 103 Å². The van der Waals surface area contributed by atoms with Crippen LogP contribution in [0.25, 0.3) is 21.5 Å². The van der Waals surface area contributed by atoms with E-state index in [4.69, 9.17) is 0 Å². The third-order valence-corrected chi connectivity index (χ3v) is 12.3. The lowest BCUT2D eigenvalue weighted by Gasteiger charge is -2.29. The van der Waals surface area contributed by atoms with E-state index < -0.39 is 0 Å². The molecule has 2 heterocycles. The first kappa shape index (κ1) is 37.7. The molecule has 4 amide bonds. The Morgan fingerprint density at radius 2 is 0.904 bits per heavy atom. The number of benzene rings is 4. The van der Waals surface area contributed by atoms with E-state index in [1.54, 1.807) is 0 Å². The van der Waals surface area contributed by atoms with Crippen molar-refractivity contribution >= 4 is 78.1 Å². The molecule has 274 valence electrons. The normalized spacial score (nSPS) is 14.2. The molecule has 0 fully saturated rings. The molecular formula is C40H50N6O4S2+2. The number of carbonyl (C=O) groups is 4. The van der Waals surface area contributed by atoms with Crippen LogP contribution in [0, 0.1) is 0 Å². The van der Waals surface area contributed by atoms with Crippen LogP contribution in [0.3, 0.4) is 0 Å². The number of amides is 4. The van der Waals surface area contributed by atoms with E-state index in [2.05, 4.69) is 52.1 Å². The van der Waals surface area contributed by atoms with Gasteiger partial charge in [-0.25, -0.2) is 0 Å². The van der Waals surface area contributed by atoms with Gasteiger partial charge >= 0.3 is 0 Å². The van der Waals surface area contributed by atoms with Crippen molar-refractivity contribution in [3.05, 3.63) is 82.9 Å². The highest BCUT2D eigenvalue weighted by Crippen LogP contribution is 2.38. The van der Waals surface area contributed by atoms with Gasteiger partial charge in [0.05, 0.1) is 41.3 Å². The lowest BCUT2D eigenvalue weighted by atomic mass is 9.92. The van der Waals surface area contributed by atoms with Gasteiger partial charge in [0.25, 0.3) is 23.6 Å². The molecule has 0 bridgehead atoms. The highest BCUT2D eigenvalue weighted by molar-refractivity contribution is 8.76. The lowest BCUT2D eigenvalue weighted by molar-refractivity contribution is -0.858. The number of quaternary nitrogens is 2. The fraction of sp³-hybridized carbons (Fsp3) is 0.400. The smallest absolute Gasteiger partial charge is 0.261 e. The van der Waals surface area contributed by atoms with Gasteiger partial charge in [0.15, 0.2) is 0 Å². The molecule has 4 aromatic carbocycles. The van der Waals surface area contributed by atoms with E-state index in [1.807, 2.05) is 60.7 Å². The summed E-state index contributed by atoms with van der Waals surface area (Å²) in [5.41, 5.74) is 4.26. The summed E-state index contributed by atoms with van der Waals surface area (Å²) in [6, 6.07) is 19.1. The van der Waals surface area contributed by atoms with Crippen LogP contribution in [-0.4, -0.2) is 126 Å². The first-order valence-electron chi connectivity index (χ1n) is 18.1. The van der Waals surface area contributed by atoms with Crippen molar-refractivity contribution in [2.24, 2.45) is 0 Å². The second kappa shape index (κ2) is 16.3. The minimum absolute atomic E-state index is 0.268. The quantitative estimate of drug-likeness (QED) is 0.0970. The molecule has 2 N–H and O–H groups in total. The van der Waals surface area contributed by atoms with Gasteiger partial charge in [-0.2, -0.15) is 0 Å². The standard InChI is InChI=1S/C40H48N6O4S2/c1-41(2)19-9-21-43(5)33-17-15-31-35-27(33)11-7-13-29(35)37(47)45(39(31)49)23-25-51-52-26-24-46-38(48)30-14-8-12-28-34(44(6)22-10-20-42(3)4)18-16-32(36(28)30)40(46)50/h7-8,11-18H,9-10,19-26H2,1-6H3/p+2. The molecule has 12 heteroatoms. The van der Waals surface area contributed by atoms with E-state index in [-0.39, 0.29) is 36.7 Å². The molecule has 0 saturated carbocycles. The zero-order valence-corrected chi connectivity index (χ0v) is 32.7. The molecule has 2 aliphatic heterocycles. The molecule has 10 nitrogen and oxygen atoms in total. The maximum Gasteiger partial charge on any atom is 0.261 e. The van der Waals surface area contributed by atoms with Crippen molar-refractivity contribution in [3.63, 3.8) is 0 Å². The van der Waals surface area contributed by atoms with E-state index in [9.17, 15) is 19.2 Å². The lowest BCUT2D eigenvalue weighted by Crippen LogP contribution is -3.05. The highest BCUT2D eigenvalue weighted by atomic mass is 33.1. The maximum atomic E-state index is 13.6. The first-order valence-corrected chi connectivity index (χ1v) is 20.6. The molecule has 2 aliphatic rings. The molecule has 0 saturated heterocycles. The summed E-state index contributed by atoms with van der Waals surface area (Å²) in [4.78, 5) is 64.4. The molecule has 0 atom stereocenters. The van der Waals surface area contributed by atoms with Crippen LogP contribution in [0.1, 0.15) is 54.3 Å². The Kier molecular flexibility index (Phi) is 11.8. The largest absolute Gasteiger partial charge is 0.374 e. The minimum Gasteiger partial charge on any atom is -0.374 e. The number of imide groups is 2. The van der Waals surface area contributed by atoms with Crippen molar-refractivity contribution in [1.82, 2.24) is 9.80 Å². The molecule has 0 aromatic heterocycles. The zero-order valence-electron chi connectivity index (χ0n) is 31.1. The van der Waals surface area contributed by atoms with E-state index in [0.29, 0.717) is 33.8 Å². The predicted octanol–water partition coefficient (Wildman–Crippen LogP) is 3.21.